The van der Waals surface area contributed by atoms with E-state index in [4.69, 9.17) is 23.6 Å². The highest BCUT2D eigenvalue weighted by atomic mass is 16.7. The van der Waals surface area contributed by atoms with Gasteiger partial charge in [0.2, 0.25) is 5.43 Å². The van der Waals surface area contributed by atoms with Crippen LogP contribution in [0.4, 0.5) is 11.4 Å². The zero-order chi connectivity index (χ0) is 46.8. The first-order chi connectivity index (χ1) is 30.8. The van der Waals surface area contributed by atoms with Crippen LogP contribution < -0.4 is 20.4 Å². The van der Waals surface area contributed by atoms with Crippen LogP contribution in [0.5, 0.6) is 17.2 Å². The number of nitrogens with zero attached hydrogens (tertiary/aromatic N) is 3. The van der Waals surface area contributed by atoms with Gasteiger partial charge in [-0.2, -0.15) is 0 Å². The maximum Gasteiger partial charge on any atom is 0.312 e. The molecule has 9 atom stereocenters. The van der Waals surface area contributed by atoms with Crippen LogP contribution in [0.3, 0.4) is 0 Å². The summed E-state index contributed by atoms with van der Waals surface area (Å²) >= 11 is 0. The molecule has 6 aliphatic rings. The summed E-state index contributed by atoms with van der Waals surface area (Å²) in [6.45, 7) is 15.5. The van der Waals surface area contributed by atoms with Crippen LogP contribution in [-0.2, 0) is 14.3 Å². The van der Waals surface area contributed by atoms with E-state index in [1.165, 1.54) is 59.1 Å². The Kier molecular flexibility index (Phi) is 12.5. The summed E-state index contributed by atoms with van der Waals surface area (Å²) in [5.41, 5.74) is -0.484. The number of aromatic hydroxyl groups is 2. The first kappa shape index (κ1) is 46.0. The molecule has 348 valence electrons. The third-order valence-electron chi connectivity index (χ3n) is 14.1. The third kappa shape index (κ3) is 8.35. The molecule has 0 radical (unpaired) electrons. The number of anilines is 2. The van der Waals surface area contributed by atoms with Gasteiger partial charge >= 0.3 is 5.79 Å². The highest BCUT2D eigenvalue weighted by Gasteiger charge is 2.50. The minimum Gasteiger partial charge on any atom is -0.507 e. The SMILES string of the molecule is CO[C@H]1/C=C/O[C@@]2(C)Oc3c(C)c(O)c4c(=O)c(c5oc6cc(N7CCN(CC8CC8)CC7)cc(O)c6nc-5c4c3C2=O)NC(=O)/C(C)=C\C=C\[C@H](C)[C@H](O)[C@@H](C)[C@@H](O)[C@@H](C)[C@H](O)[C@@H]1C. The molecule has 0 unspecified atom stereocenters. The fraction of sp³-hybridized carbons (Fsp3) is 0.510. The van der Waals surface area contributed by atoms with Crippen molar-refractivity contribution in [3.05, 3.63) is 69.6 Å². The summed E-state index contributed by atoms with van der Waals surface area (Å²) in [7, 11) is 1.44. The second-order valence-electron chi connectivity index (χ2n) is 18.7. The minimum atomic E-state index is -2.05. The van der Waals surface area contributed by atoms with E-state index in [1.54, 1.807) is 52.0 Å². The maximum atomic E-state index is 14.8. The number of hydrogen-bond acceptors (Lipinski definition) is 15. The summed E-state index contributed by atoms with van der Waals surface area (Å²) in [5.74, 6) is -6.25. The summed E-state index contributed by atoms with van der Waals surface area (Å²) < 4.78 is 24.5. The zero-order valence-electron chi connectivity index (χ0n) is 38.1. The minimum absolute atomic E-state index is 0.0109. The molecule has 4 aliphatic heterocycles. The van der Waals surface area contributed by atoms with Crippen molar-refractivity contribution in [2.75, 3.05) is 50.1 Å². The van der Waals surface area contributed by atoms with E-state index >= 15 is 0 Å². The third-order valence-corrected chi connectivity index (χ3v) is 14.1. The molecule has 6 N–H and O–H groups in total. The molecule has 2 aromatic rings. The number of nitrogens with one attached hydrogen (secondary N) is 1. The van der Waals surface area contributed by atoms with Gasteiger partial charge in [-0.15, -0.1) is 0 Å². The van der Waals surface area contributed by atoms with Gasteiger partial charge < -0.3 is 54.4 Å². The van der Waals surface area contributed by atoms with E-state index < -0.39 is 76.7 Å². The van der Waals surface area contributed by atoms with Crippen molar-refractivity contribution in [1.29, 1.82) is 0 Å². The Morgan fingerprint density at radius 3 is 2.26 bits per heavy atom. The lowest BCUT2D eigenvalue weighted by Gasteiger charge is -2.36. The molecule has 1 amide bonds. The van der Waals surface area contributed by atoms with Crippen molar-refractivity contribution in [3.8, 4) is 28.7 Å². The van der Waals surface area contributed by atoms with Gasteiger partial charge in [0.1, 0.15) is 34.1 Å². The lowest BCUT2D eigenvalue weighted by molar-refractivity contribution is -0.112. The van der Waals surface area contributed by atoms with E-state index in [2.05, 4.69) is 15.1 Å². The number of rotatable bonds is 4. The molecule has 4 heterocycles. The Bertz CT molecular complexity index is 2650. The molecular weight excluding hydrogens is 837 g/mol. The van der Waals surface area contributed by atoms with Gasteiger partial charge in [0.05, 0.1) is 41.6 Å². The van der Waals surface area contributed by atoms with Crippen molar-refractivity contribution in [2.24, 2.45) is 29.6 Å². The highest BCUT2D eigenvalue weighted by Crippen LogP contribution is 2.51. The van der Waals surface area contributed by atoms with Crippen molar-refractivity contribution < 1.29 is 53.7 Å². The smallest absolute Gasteiger partial charge is 0.312 e. The van der Waals surface area contributed by atoms with Crippen LogP contribution in [0.1, 0.15) is 70.3 Å². The highest BCUT2D eigenvalue weighted by molar-refractivity contribution is 6.22. The Morgan fingerprint density at radius 2 is 1.58 bits per heavy atom. The van der Waals surface area contributed by atoms with Gasteiger partial charge in [-0.3, -0.25) is 19.3 Å². The van der Waals surface area contributed by atoms with E-state index in [9.17, 15) is 39.9 Å². The number of aliphatic hydroxyl groups excluding tert-OH is 3. The van der Waals surface area contributed by atoms with Gasteiger partial charge in [0, 0.05) is 105 Å². The van der Waals surface area contributed by atoms with Crippen molar-refractivity contribution in [3.63, 3.8) is 0 Å². The maximum absolute atomic E-state index is 14.8. The van der Waals surface area contributed by atoms with Crippen molar-refractivity contribution in [2.45, 2.75) is 91.5 Å². The predicted molar refractivity (Wildman–Crippen MR) is 244 cm³/mol. The average molecular weight is 897 g/mol. The van der Waals surface area contributed by atoms with Crippen LogP contribution in [0.25, 0.3) is 33.3 Å². The topological polar surface area (TPSA) is 225 Å². The molecule has 4 bridgehead atoms. The fourth-order valence-electron chi connectivity index (χ4n) is 9.52. The van der Waals surface area contributed by atoms with Gasteiger partial charge in [0.25, 0.3) is 11.7 Å². The number of ether oxygens (including phenoxy) is 3. The van der Waals surface area contributed by atoms with Gasteiger partial charge in [-0.05, 0) is 38.7 Å². The summed E-state index contributed by atoms with van der Waals surface area (Å²) in [5, 5.41) is 59.7. The number of carbonyl (C=O) groups excluding carboxylic acids is 2. The Balaban J connectivity index is 1.29. The van der Waals surface area contributed by atoms with Crippen LogP contribution in [0, 0.1) is 36.5 Å². The number of fused-ring (bicyclic) bond motifs is 2. The lowest BCUT2D eigenvalue weighted by atomic mass is 9.78. The van der Waals surface area contributed by atoms with Crippen LogP contribution in [0.15, 0.2) is 57.5 Å². The lowest BCUT2D eigenvalue weighted by Crippen LogP contribution is -2.47. The summed E-state index contributed by atoms with van der Waals surface area (Å²) in [6.07, 6.45) is 5.97. The number of carbonyl (C=O) groups is 2. The Labute approximate surface area is 377 Å². The summed E-state index contributed by atoms with van der Waals surface area (Å²) in [6, 6.07) is 3.32. The Morgan fingerprint density at radius 1 is 0.908 bits per heavy atom. The number of hydrogen-bond donors (Lipinski definition) is 6. The second kappa shape index (κ2) is 17.7. The van der Waals surface area contributed by atoms with Gasteiger partial charge in [-0.1, -0.05) is 45.9 Å². The molecule has 0 aromatic heterocycles. The number of ketones is 1. The number of phenols is 2. The van der Waals surface area contributed by atoms with Crippen LogP contribution in [0.2, 0.25) is 0 Å². The predicted octanol–water partition coefficient (Wildman–Crippen LogP) is 5.62. The number of amides is 1. The molecule has 16 heteroatoms. The molecule has 2 fully saturated rings. The quantitative estimate of drug-likeness (QED) is 0.108. The van der Waals surface area contributed by atoms with Gasteiger partial charge in [0.15, 0.2) is 11.3 Å². The van der Waals surface area contributed by atoms with Gasteiger partial charge in [-0.25, -0.2) is 4.98 Å². The molecule has 65 heavy (non-hydrogen) atoms. The van der Waals surface area contributed by atoms with E-state index in [-0.39, 0.29) is 67.2 Å². The normalized spacial score (nSPS) is 31.5. The molecule has 2 aromatic carbocycles. The average Bonchev–Trinajstić information content (AvgIpc) is 4.07. The van der Waals surface area contributed by atoms with E-state index in [1.807, 2.05) is 0 Å². The number of methoxy groups -OCH3 is 1. The first-order valence-electron chi connectivity index (χ1n) is 22.5. The largest absolute Gasteiger partial charge is 0.507 e. The zero-order valence-corrected chi connectivity index (χ0v) is 38.1. The standard InChI is InChI=1S/C49H60N4O12/c1-23-10-9-11-24(2)48(61)51-39-44(59)35-34(38-46(39)64-33-21-30(20-31(54)37(33)50-38)53-17-15-52(16-18-53)22-29-12-13-29)36-45(28(6)43(35)58)65-49(7,47(36)60)63-19-14-32(62-8)25(3)41(56)27(5)42(57)26(4)40(23)55/h9-11,14,19-21,23,25-27,29,32,40-42,54-58H,12-13,15-18,22H2,1-8H3,(H,51,61)/b10-9+,19-14+,24-11-/t23-,25+,26+,27-,32-,40-,41+,42+,49-/m0/s1. The molecule has 2 aliphatic carbocycles. The molecule has 0 spiro atoms. The molecular formula is C49H60N4O12. The van der Waals surface area contributed by atoms with Crippen LogP contribution in [-0.4, -0.2) is 117 Å². The fourth-order valence-corrected chi connectivity index (χ4v) is 9.52. The number of aromatic nitrogens is 1. The number of allylic oxidation sites excluding steroid dienone is 2. The monoisotopic (exact) mass is 896 g/mol. The molecule has 16 nitrogen and oxygen atoms in total. The molecule has 1 saturated heterocycles. The number of aliphatic hydroxyl groups is 3. The molecule has 1 saturated carbocycles. The Hall–Kier alpha value is -5.52. The molecule has 8 rings (SSSR count). The van der Waals surface area contributed by atoms with E-state index in [0.29, 0.717) is 18.8 Å². The number of benzene rings is 3. The van der Waals surface area contributed by atoms with Crippen molar-refractivity contribution >= 4 is 44.9 Å². The van der Waals surface area contributed by atoms with Crippen LogP contribution >= 0.6 is 0 Å². The van der Waals surface area contributed by atoms with Crippen molar-refractivity contribution in [1.82, 2.24) is 9.88 Å². The summed E-state index contributed by atoms with van der Waals surface area (Å²) in [4.78, 5) is 53.0. The first-order valence-corrected chi connectivity index (χ1v) is 22.5. The van der Waals surface area contributed by atoms with E-state index in [0.717, 1.165) is 25.6 Å². The number of Topliss-reactive ketones (excluding diaryl/α,β-unsaturated/α-hetero) is 1. The number of piperazine rings is 1. The number of phenolic OH excluding ortho intramolecular Hbond substituents is 2. The second-order valence-corrected chi connectivity index (χ2v) is 18.7.